The van der Waals surface area contributed by atoms with Gasteiger partial charge in [-0.05, 0) is 47.9 Å². The second-order valence-electron chi connectivity index (χ2n) is 8.03. The highest BCUT2D eigenvalue weighted by Gasteiger charge is 2.33. The molecule has 9 heteroatoms. The molecule has 5 nitrogen and oxygen atoms in total. The molecule has 1 amide bonds. The lowest BCUT2D eigenvalue weighted by Gasteiger charge is -2.29. The van der Waals surface area contributed by atoms with E-state index in [1.54, 1.807) is 11.6 Å². The van der Waals surface area contributed by atoms with Crippen LogP contribution in [0.25, 0.3) is 0 Å². The van der Waals surface area contributed by atoms with Gasteiger partial charge >= 0.3 is 6.18 Å². The first-order valence-corrected chi connectivity index (χ1v) is 9.64. The maximum Gasteiger partial charge on any atom is 0.422 e. The predicted molar refractivity (Wildman–Crippen MR) is 103 cm³/mol. The molecule has 2 heterocycles. The van der Waals surface area contributed by atoms with Gasteiger partial charge in [0, 0.05) is 13.2 Å². The summed E-state index contributed by atoms with van der Waals surface area (Å²) in [5.74, 6) is -0.360. The van der Waals surface area contributed by atoms with Crippen LogP contribution in [0.4, 0.5) is 13.2 Å². The summed E-state index contributed by atoms with van der Waals surface area (Å²) in [6, 6.07) is 2.87. The third kappa shape index (κ3) is 4.86. The molecule has 0 aliphatic heterocycles. The summed E-state index contributed by atoms with van der Waals surface area (Å²) >= 11 is 6.47. The number of pyridine rings is 1. The molecule has 1 aliphatic carbocycles. The molecule has 3 rings (SSSR count). The second-order valence-corrected chi connectivity index (χ2v) is 8.39. The minimum Gasteiger partial charge on any atom is -0.482 e. The number of hydrogen-bond donors (Lipinski definition) is 1. The van der Waals surface area contributed by atoms with E-state index >= 15 is 0 Å². The Morgan fingerprint density at radius 3 is 2.79 bits per heavy atom. The van der Waals surface area contributed by atoms with Crippen LogP contribution in [-0.2, 0) is 26.4 Å². The Bertz CT molecular complexity index is 922. The Kier molecular flexibility index (Phi) is 5.85. The van der Waals surface area contributed by atoms with Gasteiger partial charge in [0.25, 0.3) is 5.91 Å². The highest BCUT2D eigenvalue weighted by atomic mass is 35.5. The van der Waals surface area contributed by atoms with Gasteiger partial charge in [0.05, 0.1) is 6.54 Å². The summed E-state index contributed by atoms with van der Waals surface area (Å²) in [7, 11) is 1.74. The molecule has 1 aliphatic rings. The molecule has 0 saturated carbocycles. The molecule has 0 unspecified atom stereocenters. The molecule has 0 spiro atoms. The minimum absolute atomic E-state index is 0.0150. The smallest absolute Gasteiger partial charge is 0.422 e. The summed E-state index contributed by atoms with van der Waals surface area (Å²) < 4.78 is 43.8. The van der Waals surface area contributed by atoms with Crippen molar-refractivity contribution < 1.29 is 22.7 Å². The number of carbonyl (C=O) groups is 1. The van der Waals surface area contributed by atoms with E-state index in [1.165, 1.54) is 18.3 Å². The van der Waals surface area contributed by atoms with E-state index in [0.717, 1.165) is 30.4 Å². The van der Waals surface area contributed by atoms with Gasteiger partial charge in [0.1, 0.15) is 22.3 Å². The van der Waals surface area contributed by atoms with Crippen LogP contribution in [0.1, 0.15) is 47.6 Å². The summed E-state index contributed by atoms with van der Waals surface area (Å²) in [6.07, 6.45) is -0.544. The Labute approximate surface area is 172 Å². The van der Waals surface area contributed by atoms with Crippen LogP contribution in [-0.4, -0.2) is 28.2 Å². The summed E-state index contributed by atoms with van der Waals surface area (Å²) in [5.41, 5.74) is 2.74. The topological polar surface area (TPSA) is 56.2 Å². The quantitative estimate of drug-likeness (QED) is 0.763. The van der Waals surface area contributed by atoms with Crippen LogP contribution in [0.5, 0.6) is 5.75 Å². The molecule has 0 aromatic carbocycles. The zero-order chi connectivity index (χ0) is 21.4. The van der Waals surface area contributed by atoms with Crippen LogP contribution in [0.3, 0.4) is 0 Å². The molecule has 158 valence electrons. The first kappa shape index (κ1) is 21.5. The number of ether oxygens (including phenoxy) is 1. The monoisotopic (exact) mass is 429 g/mol. The Hall–Kier alpha value is -2.22. The van der Waals surface area contributed by atoms with Gasteiger partial charge in [-0.3, -0.25) is 9.78 Å². The van der Waals surface area contributed by atoms with Crippen molar-refractivity contribution >= 4 is 17.5 Å². The summed E-state index contributed by atoms with van der Waals surface area (Å²) in [5, 5.41) is 3.28. The normalized spacial score (nSPS) is 15.7. The first-order chi connectivity index (χ1) is 13.5. The van der Waals surface area contributed by atoms with Crippen LogP contribution < -0.4 is 10.1 Å². The molecule has 0 atom stereocenters. The average molecular weight is 430 g/mol. The van der Waals surface area contributed by atoms with Gasteiger partial charge < -0.3 is 14.6 Å². The SMILES string of the molecule is Cn1c(Cl)c2c(c1C(=O)NCc1ncccc1OCC(F)(F)F)CCC(C)(C)C2. The second kappa shape index (κ2) is 7.89. The number of halogens is 4. The molecule has 29 heavy (non-hydrogen) atoms. The van der Waals surface area contributed by atoms with Gasteiger partial charge in [-0.25, -0.2) is 0 Å². The van der Waals surface area contributed by atoms with E-state index < -0.39 is 12.8 Å². The van der Waals surface area contributed by atoms with Crippen molar-refractivity contribution in [1.82, 2.24) is 14.9 Å². The van der Waals surface area contributed by atoms with Crippen LogP contribution in [0.15, 0.2) is 18.3 Å². The molecular formula is C20H23ClF3N3O2. The third-order valence-corrected chi connectivity index (χ3v) is 5.59. The van der Waals surface area contributed by atoms with Gasteiger partial charge in [-0.15, -0.1) is 0 Å². The van der Waals surface area contributed by atoms with Crippen LogP contribution >= 0.6 is 11.6 Å². The Morgan fingerprint density at radius 1 is 1.38 bits per heavy atom. The summed E-state index contributed by atoms with van der Waals surface area (Å²) in [4.78, 5) is 16.9. The molecule has 2 aromatic heterocycles. The zero-order valence-electron chi connectivity index (χ0n) is 16.5. The molecule has 0 fully saturated rings. The van der Waals surface area contributed by atoms with Gasteiger partial charge in [0.15, 0.2) is 6.61 Å². The van der Waals surface area contributed by atoms with Crippen molar-refractivity contribution in [3.63, 3.8) is 0 Å². The highest BCUT2D eigenvalue weighted by Crippen LogP contribution is 2.40. The van der Waals surface area contributed by atoms with E-state index in [-0.39, 0.29) is 29.3 Å². The third-order valence-electron chi connectivity index (χ3n) is 5.11. The van der Waals surface area contributed by atoms with Gasteiger partial charge in [0.2, 0.25) is 0 Å². The van der Waals surface area contributed by atoms with Crippen molar-refractivity contribution in [2.45, 2.75) is 45.8 Å². The largest absolute Gasteiger partial charge is 0.482 e. The molecule has 0 radical (unpaired) electrons. The van der Waals surface area contributed by atoms with Gasteiger partial charge in [-0.1, -0.05) is 25.4 Å². The number of fused-ring (bicyclic) bond motifs is 1. The molecule has 0 saturated heterocycles. The number of nitrogens with zero attached hydrogens (tertiary/aromatic N) is 2. The fourth-order valence-electron chi connectivity index (χ4n) is 3.63. The lowest BCUT2D eigenvalue weighted by atomic mass is 9.75. The minimum atomic E-state index is -4.46. The molecular weight excluding hydrogens is 407 g/mol. The molecule has 2 aromatic rings. The van der Waals surface area contributed by atoms with Crippen LogP contribution in [0.2, 0.25) is 5.15 Å². The van der Waals surface area contributed by atoms with Crippen molar-refractivity contribution in [3.05, 3.63) is 46.0 Å². The zero-order valence-corrected chi connectivity index (χ0v) is 17.2. The highest BCUT2D eigenvalue weighted by molar-refractivity contribution is 6.31. The van der Waals surface area contributed by atoms with Crippen LogP contribution in [0, 0.1) is 5.41 Å². The standard InChI is InChI=1S/C20H23ClF3N3O2/c1-19(2)7-6-12-13(9-19)17(21)27(3)16(12)18(28)26-10-14-15(5-4-8-25-14)29-11-20(22,23)24/h4-5,8H,6-7,9-11H2,1-3H3,(H,26,28). The number of alkyl halides is 3. The Morgan fingerprint density at radius 2 is 2.10 bits per heavy atom. The number of aromatic nitrogens is 2. The van der Waals surface area contributed by atoms with E-state index in [4.69, 9.17) is 16.3 Å². The van der Waals surface area contributed by atoms with Crippen molar-refractivity contribution in [2.75, 3.05) is 6.61 Å². The van der Waals surface area contributed by atoms with E-state index in [0.29, 0.717) is 10.8 Å². The number of hydrogen-bond acceptors (Lipinski definition) is 3. The van der Waals surface area contributed by atoms with E-state index in [9.17, 15) is 18.0 Å². The molecule has 1 N–H and O–H groups in total. The average Bonchev–Trinajstić information content (AvgIpc) is 2.88. The van der Waals surface area contributed by atoms with Crippen molar-refractivity contribution in [2.24, 2.45) is 12.5 Å². The van der Waals surface area contributed by atoms with E-state index in [2.05, 4.69) is 24.1 Å². The first-order valence-electron chi connectivity index (χ1n) is 9.26. The number of rotatable bonds is 5. The predicted octanol–water partition coefficient (Wildman–Crippen LogP) is 4.46. The number of carbonyl (C=O) groups excluding carboxylic acids is 1. The number of nitrogens with one attached hydrogen (secondary N) is 1. The van der Waals surface area contributed by atoms with E-state index in [1.807, 2.05) is 0 Å². The lowest BCUT2D eigenvalue weighted by Crippen LogP contribution is -2.28. The Balaban J connectivity index is 1.76. The maximum atomic E-state index is 12.9. The van der Waals surface area contributed by atoms with Crippen molar-refractivity contribution in [3.8, 4) is 5.75 Å². The van der Waals surface area contributed by atoms with Crippen molar-refractivity contribution in [1.29, 1.82) is 0 Å². The molecule has 0 bridgehead atoms. The fourth-order valence-corrected chi connectivity index (χ4v) is 3.90. The van der Waals surface area contributed by atoms with Gasteiger partial charge in [-0.2, -0.15) is 13.2 Å². The summed E-state index contributed by atoms with van der Waals surface area (Å²) in [6.45, 7) is 2.86. The lowest BCUT2D eigenvalue weighted by molar-refractivity contribution is -0.153. The maximum absolute atomic E-state index is 12.9. The number of amides is 1. The fraction of sp³-hybridized carbons (Fsp3) is 0.500.